The third-order valence-corrected chi connectivity index (χ3v) is 6.06. The van der Waals surface area contributed by atoms with Crippen LogP contribution in [0.3, 0.4) is 0 Å². The minimum atomic E-state index is -3.29. The van der Waals surface area contributed by atoms with Crippen LogP contribution in [0, 0.1) is 0 Å². The van der Waals surface area contributed by atoms with Gasteiger partial charge in [-0.3, -0.25) is 9.98 Å². The lowest BCUT2D eigenvalue weighted by atomic mass is 10.4. The van der Waals surface area contributed by atoms with Crippen LogP contribution in [0.25, 0.3) is 0 Å². The quantitative estimate of drug-likeness (QED) is 0.216. The van der Waals surface area contributed by atoms with Crippen molar-refractivity contribution in [2.24, 2.45) is 4.99 Å². The molecule has 9 nitrogen and oxygen atoms in total. The highest BCUT2D eigenvalue weighted by Gasteiger charge is 2.27. The normalized spacial score (nSPS) is 15.9. The first-order valence-electron chi connectivity index (χ1n) is 9.50. The second kappa shape index (κ2) is 13.2. The summed E-state index contributed by atoms with van der Waals surface area (Å²) in [5.41, 5.74) is 0. The van der Waals surface area contributed by atoms with Gasteiger partial charge in [-0.25, -0.2) is 8.42 Å². The van der Waals surface area contributed by atoms with E-state index in [-0.39, 0.29) is 42.4 Å². The molecule has 0 atom stereocenters. The lowest BCUT2D eigenvalue weighted by molar-refractivity contribution is 0.0904. The Kier molecular flexibility index (Phi) is 11.8. The maximum atomic E-state index is 12.4. The van der Waals surface area contributed by atoms with Crippen molar-refractivity contribution in [2.45, 2.75) is 20.0 Å². The lowest BCUT2D eigenvalue weighted by Crippen LogP contribution is -2.54. The zero-order valence-corrected chi connectivity index (χ0v) is 20.4. The molecule has 11 heteroatoms. The van der Waals surface area contributed by atoms with Crippen molar-refractivity contribution in [1.82, 2.24) is 19.5 Å². The third-order valence-electron chi connectivity index (χ3n) is 4.22. The molecule has 0 unspecified atom stereocenters. The molecule has 0 spiro atoms. The van der Waals surface area contributed by atoms with E-state index >= 15 is 0 Å². The molecule has 1 saturated heterocycles. The zero-order valence-electron chi connectivity index (χ0n) is 17.3. The number of ether oxygens (including phenoxy) is 2. The number of sulfonamides is 1. The summed E-state index contributed by atoms with van der Waals surface area (Å²) in [7, 11) is -1.57. The van der Waals surface area contributed by atoms with E-state index in [1.54, 1.807) is 19.4 Å². The summed E-state index contributed by atoms with van der Waals surface area (Å²) in [6.45, 7) is 7.15. The molecule has 1 N–H and O–H groups in total. The third kappa shape index (κ3) is 9.01. The van der Waals surface area contributed by atoms with Gasteiger partial charge in [0.2, 0.25) is 10.0 Å². The summed E-state index contributed by atoms with van der Waals surface area (Å²) < 4.78 is 37.3. The first-order chi connectivity index (χ1) is 13.4. The first kappa shape index (κ1) is 25.9. The molecule has 0 bridgehead atoms. The van der Waals surface area contributed by atoms with Gasteiger partial charge in [-0.1, -0.05) is 0 Å². The van der Waals surface area contributed by atoms with Gasteiger partial charge in [-0.2, -0.15) is 4.31 Å². The molecule has 0 radical (unpaired) electrons. The van der Waals surface area contributed by atoms with Crippen LogP contribution in [-0.4, -0.2) is 93.4 Å². The van der Waals surface area contributed by atoms with Crippen molar-refractivity contribution in [1.29, 1.82) is 0 Å². The van der Waals surface area contributed by atoms with Gasteiger partial charge >= 0.3 is 0 Å². The summed E-state index contributed by atoms with van der Waals surface area (Å²) in [6, 6.07) is 3.68. The predicted molar refractivity (Wildman–Crippen MR) is 125 cm³/mol. The van der Waals surface area contributed by atoms with Gasteiger partial charge in [-0.05, 0) is 26.0 Å². The smallest absolute Gasteiger partial charge is 0.216 e. The molecule has 166 valence electrons. The minimum Gasteiger partial charge on any atom is -0.490 e. The second-order valence-corrected chi connectivity index (χ2v) is 8.72. The number of hydrogen-bond acceptors (Lipinski definition) is 6. The highest BCUT2D eigenvalue weighted by molar-refractivity contribution is 14.0. The number of nitrogens with zero attached hydrogens (tertiary/aromatic N) is 4. The maximum absolute atomic E-state index is 12.4. The Morgan fingerprint density at radius 2 is 2.00 bits per heavy atom. The summed E-state index contributed by atoms with van der Waals surface area (Å²) in [6.07, 6.45) is 3.40. The molecule has 2 rings (SSSR count). The summed E-state index contributed by atoms with van der Waals surface area (Å²) in [5, 5.41) is 3.25. The molecule has 29 heavy (non-hydrogen) atoms. The van der Waals surface area contributed by atoms with Gasteiger partial charge in [0.15, 0.2) is 5.96 Å². The topological polar surface area (TPSA) is 96.4 Å². The molecule has 1 aromatic rings. The van der Waals surface area contributed by atoms with Crippen LogP contribution in [0.5, 0.6) is 5.75 Å². The largest absolute Gasteiger partial charge is 0.490 e. The monoisotopic (exact) mass is 541 g/mol. The molecule has 0 amide bonds. The van der Waals surface area contributed by atoms with Crippen molar-refractivity contribution in [3.8, 4) is 5.75 Å². The van der Waals surface area contributed by atoms with E-state index in [1.807, 2.05) is 26.0 Å². The van der Waals surface area contributed by atoms with Gasteiger partial charge in [0, 0.05) is 39.4 Å². The van der Waals surface area contributed by atoms with E-state index in [9.17, 15) is 8.42 Å². The standard InChI is InChI=1S/C18H31N5O4S.HI/c1-16(2)26-13-14-28(24,25)23-10-8-22(9-11-23)18(19-3)21-7-12-27-17-5-4-6-20-15-17;/h4-6,15-16H,7-14H2,1-3H3,(H,19,21);1H. The van der Waals surface area contributed by atoms with Gasteiger partial charge in [0.1, 0.15) is 12.4 Å². The highest BCUT2D eigenvalue weighted by atomic mass is 127. The fourth-order valence-corrected chi connectivity index (χ4v) is 4.08. The second-order valence-electron chi connectivity index (χ2n) is 6.63. The van der Waals surface area contributed by atoms with E-state index in [0.29, 0.717) is 39.3 Å². The number of aliphatic imine (C=N–C) groups is 1. The average molecular weight is 541 g/mol. The Balaban J connectivity index is 0.00000420. The van der Waals surface area contributed by atoms with Crippen LogP contribution in [-0.2, 0) is 14.8 Å². The van der Waals surface area contributed by atoms with Crippen molar-refractivity contribution < 1.29 is 17.9 Å². The summed E-state index contributed by atoms with van der Waals surface area (Å²) in [4.78, 5) is 10.3. The number of rotatable bonds is 9. The number of hydrogen-bond donors (Lipinski definition) is 1. The number of pyridine rings is 1. The highest BCUT2D eigenvalue weighted by Crippen LogP contribution is 2.09. The molecule has 2 heterocycles. The molecule has 0 saturated carbocycles. The summed E-state index contributed by atoms with van der Waals surface area (Å²) in [5.74, 6) is 1.48. The Morgan fingerprint density at radius 1 is 1.28 bits per heavy atom. The fourth-order valence-electron chi connectivity index (χ4n) is 2.79. The van der Waals surface area contributed by atoms with E-state index in [4.69, 9.17) is 9.47 Å². The number of piperazine rings is 1. The zero-order chi connectivity index (χ0) is 20.4. The van der Waals surface area contributed by atoms with E-state index in [1.165, 1.54) is 4.31 Å². The molecule has 1 aliphatic heterocycles. The van der Waals surface area contributed by atoms with Crippen molar-refractivity contribution in [3.05, 3.63) is 24.5 Å². The molecule has 0 aliphatic carbocycles. The fraction of sp³-hybridized carbons (Fsp3) is 0.667. The number of guanidine groups is 1. The van der Waals surface area contributed by atoms with E-state index in [0.717, 1.165) is 11.7 Å². The van der Waals surface area contributed by atoms with E-state index in [2.05, 4.69) is 20.2 Å². The number of nitrogens with one attached hydrogen (secondary N) is 1. The molecule has 0 aromatic carbocycles. The van der Waals surface area contributed by atoms with Gasteiger partial charge in [-0.15, -0.1) is 24.0 Å². The Labute approximate surface area is 190 Å². The summed E-state index contributed by atoms with van der Waals surface area (Å²) >= 11 is 0. The predicted octanol–water partition coefficient (Wildman–Crippen LogP) is 1.03. The van der Waals surface area contributed by atoms with Crippen LogP contribution < -0.4 is 10.1 Å². The molecular weight excluding hydrogens is 509 g/mol. The molecule has 1 fully saturated rings. The first-order valence-corrected chi connectivity index (χ1v) is 11.1. The SMILES string of the molecule is CN=C(NCCOc1cccnc1)N1CCN(S(=O)(=O)CCOC(C)C)CC1.I. The van der Waals surface area contributed by atoms with Gasteiger partial charge in [0.05, 0.1) is 31.2 Å². The molecule has 1 aromatic heterocycles. The van der Waals surface area contributed by atoms with E-state index < -0.39 is 10.0 Å². The van der Waals surface area contributed by atoms with Crippen LogP contribution in [0.2, 0.25) is 0 Å². The van der Waals surface area contributed by atoms with Gasteiger partial charge in [0.25, 0.3) is 0 Å². The molecule has 1 aliphatic rings. The Hall–Kier alpha value is -1.18. The number of aromatic nitrogens is 1. The van der Waals surface area contributed by atoms with Gasteiger partial charge < -0.3 is 19.7 Å². The lowest BCUT2D eigenvalue weighted by Gasteiger charge is -2.35. The minimum absolute atomic E-state index is 0. The maximum Gasteiger partial charge on any atom is 0.216 e. The van der Waals surface area contributed by atoms with Crippen molar-refractivity contribution >= 4 is 40.0 Å². The van der Waals surface area contributed by atoms with Crippen LogP contribution in [0.15, 0.2) is 29.5 Å². The average Bonchev–Trinajstić information content (AvgIpc) is 2.68. The van der Waals surface area contributed by atoms with Crippen molar-refractivity contribution in [2.75, 3.05) is 58.7 Å². The van der Waals surface area contributed by atoms with Crippen LogP contribution in [0.1, 0.15) is 13.8 Å². The Morgan fingerprint density at radius 3 is 2.59 bits per heavy atom. The molecular formula is C18H32IN5O4S. The van der Waals surface area contributed by atoms with Crippen LogP contribution in [0.4, 0.5) is 0 Å². The Bertz CT molecular complexity index is 710. The number of halogens is 1. The van der Waals surface area contributed by atoms with Crippen LogP contribution >= 0.6 is 24.0 Å². The van der Waals surface area contributed by atoms with Crippen molar-refractivity contribution in [3.63, 3.8) is 0 Å².